The smallest absolute Gasteiger partial charge is 0.163 e. The summed E-state index contributed by atoms with van der Waals surface area (Å²) in [5.74, 6) is 2.03. The van der Waals surface area contributed by atoms with Gasteiger partial charge >= 0.3 is 0 Å². The third-order valence-corrected chi connectivity index (χ3v) is 26.8. The predicted octanol–water partition coefficient (Wildman–Crippen LogP) is 35.1. The van der Waals surface area contributed by atoms with Crippen molar-refractivity contribution in [2.75, 3.05) is 0 Å². The molecule has 0 atom stereocenters. The molecule has 23 aromatic carbocycles. The maximum absolute atomic E-state index is 5.18. The van der Waals surface area contributed by atoms with Gasteiger partial charge in [-0.1, -0.05) is 473 Å². The molecule has 644 valence electrons. The van der Waals surface area contributed by atoms with Gasteiger partial charge in [-0.3, -0.25) is 0 Å². The van der Waals surface area contributed by atoms with E-state index in [0.29, 0.717) is 17.5 Å². The summed E-state index contributed by atoms with van der Waals surface area (Å²) in [6, 6.07) is 183. The highest BCUT2D eigenvalue weighted by Crippen LogP contribution is 2.48. The van der Waals surface area contributed by atoms with E-state index in [2.05, 4.69) is 477 Å². The molecule has 138 heavy (non-hydrogen) atoms. The maximum atomic E-state index is 5.18. The average Bonchev–Trinajstić information content (AvgIpc) is 0.748. The Kier molecular flexibility index (Phi) is 22.0. The fourth-order valence-corrected chi connectivity index (χ4v) is 20.3. The summed E-state index contributed by atoms with van der Waals surface area (Å²) in [5, 5.41) is 23.0. The van der Waals surface area contributed by atoms with Crippen molar-refractivity contribution in [2.24, 2.45) is 0 Å². The lowest BCUT2D eigenvalue weighted by molar-refractivity contribution is 1.07. The molecule has 6 nitrogen and oxygen atoms in total. The number of rotatable bonds is 14. The lowest BCUT2D eigenvalue weighted by Gasteiger charge is -2.17. The first-order valence-corrected chi connectivity index (χ1v) is 46.9. The van der Waals surface area contributed by atoms with E-state index in [4.69, 9.17) is 19.9 Å². The normalized spacial score (nSPS) is 11.3. The van der Waals surface area contributed by atoms with E-state index in [1.54, 1.807) is 6.33 Å². The van der Waals surface area contributed by atoms with E-state index >= 15 is 0 Å². The molecule has 0 aliphatic rings. The van der Waals surface area contributed by atoms with Crippen molar-refractivity contribution >= 4 is 97.0 Å². The first-order chi connectivity index (χ1) is 68.5. The van der Waals surface area contributed by atoms with Crippen LogP contribution < -0.4 is 0 Å². The molecule has 3 heterocycles. The second kappa shape index (κ2) is 36.7. The van der Waals surface area contributed by atoms with Gasteiger partial charge in [0.25, 0.3) is 0 Å². The van der Waals surface area contributed by atoms with Gasteiger partial charge in [-0.05, 0) is 217 Å². The molecule has 26 aromatic rings. The summed E-state index contributed by atoms with van der Waals surface area (Å²) >= 11 is 0. The third-order valence-electron chi connectivity index (χ3n) is 26.8. The van der Waals surface area contributed by atoms with Crippen molar-refractivity contribution in [3.8, 4) is 157 Å². The van der Waals surface area contributed by atoms with Gasteiger partial charge in [0.2, 0.25) is 0 Å². The van der Waals surface area contributed by atoms with E-state index < -0.39 is 0 Å². The highest BCUT2D eigenvalue weighted by Gasteiger charge is 2.23. The van der Waals surface area contributed by atoms with Crippen LogP contribution in [0.4, 0.5) is 0 Å². The minimum Gasteiger partial charge on any atom is -0.248 e. The number of fused-ring (bicyclic) bond motifs is 18. The van der Waals surface area contributed by atoms with Crippen LogP contribution in [0, 0.1) is 0 Å². The number of hydrogen-bond acceptors (Lipinski definition) is 6. The molecule has 0 amide bonds. The Morgan fingerprint density at radius 3 is 0.688 bits per heavy atom. The van der Waals surface area contributed by atoms with Gasteiger partial charge in [0.15, 0.2) is 17.5 Å². The van der Waals surface area contributed by atoms with Crippen LogP contribution in [-0.2, 0) is 0 Å². The molecule has 0 saturated heterocycles. The third kappa shape index (κ3) is 15.9. The van der Waals surface area contributed by atoms with E-state index in [1.807, 2.05) is 48.5 Å². The SMILES string of the molecule is c1ccc(-c2cc(-c3ccccc3)nc(-c3ccccc3-c3ccccc3-c3ccc4c5ccccc5c5ccccc5c4c3)n2)cc1.c1ccc(-c2cc(-c3ccccc3-c3ccccc3-c3ccc4c5ccccc5c5ccccc5c4c3)cc(-c3ccccc3)n2)cc1.c1ccc(-c2ncnc(-c3ccccc3-c3cccc(-c4ccc5c6ccccc6c6ccccc6c5c4)c3)n2)cc1. The summed E-state index contributed by atoms with van der Waals surface area (Å²) < 4.78 is 0. The van der Waals surface area contributed by atoms with E-state index in [1.165, 1.54) is 147 Å². The summed E-state index contributed by atoms with van der Waals surface area (Å²) in [6.45, 7) is 0. The highest BCUT2D eigenvalue weighted by molar-refractivity contribution is 6.28. The van der Waals surface area contributed by atoms with Crippen LogP contribution in [0.1, 0.15) is 0 Å². The number of nitrogens with zero attached hydrogens (tertiary/aromatic N) is 6. The van der Waals surface area contributed by atoms with Crippen molar-refractivity contribution in [1.82, 2.24) is 29.9 Å². The Morgan fingerprint density at radius 2 is 0.326 bits per heavy atom. The molecule has 26 rings (SSSR count). The van der Waals surface area contributed by atoms with Gasteiger partial charge < -0.3 is 0 Å². The van der Waals surface area contributed by atoms with Crippen LogP contribution in [0.5, 0.6) is 0 Å². The van der Waals surface area contributed by atoms with Crippen LogP contribution in [0.25, 0.3) is 254 Å². The van der Waals surface area contributed by atoms with Crippen molar-refractivity contribution in [2.45, 2.75) is 0 Å². The summed E-state index contributed by atoms with van der Waals surface area (Å²) in [7, 11) is 0. The summed E-state index contributed by atoms with van der Waals surface area (Å²) in [4.78, 5) is 29.4. The minimum atomic E-state index is 0.661. The molecular weight excluding hydrogens is 1670 g/mol. The molecule has 0 saturated carbocycles. The Labute approximate surface area is 800 Å². The molecule has 0 N–H and O–H groups in total. The van der Waals surface area contributed by atoms with E-state index in [-0.39, 0.29) is 0 Å². The highest BCUT2D eigenvalue weighted by atomic mass is 15.0. The minimum absolute atomic E-state index is 0.661. The van der Waals surface area contributed by atoms with Crippen LogP contribution in [-0.4, -0.2) is 29.9 Å². The zero-order valence-electron chi connectivity index (χ0n) is 75.3. The van der Waals surface area contributed by atoms with Crippen molar-refractivity contribution < 1.29 is 0 Å². The zero-order valence-corrected chi connectivity index (χ0v) is 75.3. The van der Waals surface area contributed by atoms with Crippen LogP contribution in [0.15, 0.2) is 522 Å². The van der Waals surface area contributed by atoms with Gasteiger partial charge in [-0.15, -0.1) is 0 Å². The largest absolute Gasteiger partial charge is 0.248 e. The first-order valence-electron chi connectivity index (χ1n) is 46.9. The average molecular weight is 1760 g/mol. The molecule has 0 radical (unpaired) electrons. The summed E-state index contributed by atoms with van der Waals surface area (Å²) in [5.41, 5.74) is 27.3. The Balaban J connectivity index is 0.000000113. The maximum Gasteiger partial charge on any atom is 0.163 e. The van der Waals surface area contributed by atoms with Gasteiger partial charge in [0, 0.05) is 38.9 Å². The predicted molar refractivity (Wildman–Crippen MR) is 580 cm³/mol. The Morgan fingerprint density at radius 1 is 0.101 bits per heavy atom. The van der Waals surface area contributed by atoms with Crippen LogP contribution in [0.2, 0.25) is 0 Å². The molecule has 0 fully saturated rings. The molecular formula is C132H86N6. The number of aromatic nitrogens is 6. The lowest BCUT2D eigenvalue weighted by Crippen LogP contribution is -1.98. The van der Waals surface area contributed by atoms with Crippen molar-refractivity contribution in [3.05, 3.63) is 522 Å². The van der Waals surface area contributed by atoms with Gasteiger partial charge in [-0.2, -0.15) is 0 Å². The molecule has 0 unspecified atom stereocenters. The van der Waals surface area contributed by atoms with Crippen LogP contribution in [0.3, 0.4) is 0 Å². The number of benzene rings is 23. The molecule has 6 heteroatoms. The fraction of sp³-hybridized carbons (Fsp3) is 0. The molecule has 0 aliphatic heterocycles. The zero-order chi connectivity index (χ0) is 91.6. The van der Waals surface area contributed by atoms with Gasteiger partial charge in [0.05, 0.1) is 22.8 Å². The van der Waals surface area contributed by atoms with Gasteiger partial charge in [-0.25, -0.2) is 29.9 Å². The van der Waals surface area contributed by atoms with Crippen molar-refractivity contribution in [3.63, 3.8) is 0 Å². The van der Waals surface area contributed by atoms with E-state index in [9.17, 15) is 0 Å². The fourth-order valence-electron chi connectivity index (χ4n) is 20.3. The molecule has 3 aromatic heterocycles. The topological polar surface area (TPSA) is 77.3 Å². The molecule has 0 bridgehead atoms. The van der Waals surface area contributed by atoms with Crippen LogP contribution >= 0.6 is 0 Å². The van der Waals surface area contributed by atoms with E-state index in [0.717, 1.165) is 89.5 Å². The standard InChI is InChI=1S/C47H31N.C46H30N2.C39H25N3/c1-3-15-32(16-4-1)46-30-35(31-47(48-46)33-17-5-2-6-18-33)37-20-8-10-22-39(37)38-21-9-7-19-36(38)34-27-28-44-42-25-12-11-23-40(42)41-24-13-14-26-43(41)45(44)29-34;1-3-15-31(16-4-1)44-30-45(32-17-5-2-6-18-32)48-46(47-44)42-26-14-13-24-39(42)35-20-8-7-19-34(35)33-27-28-41-38-23-10-9-21-36(38)37-22-11-12-25-40(37)43(41)29-33;1-2-11-26(12-3-1)38-40-25-41-39(42-38)36-20-9-4-15-30(36)29-14-10-13-27(23-29)28-21-22-35-33-18-6-5-16-31(33)32-17-7-8-19-34(32)37(35)24-28/h1-31H;1-30H;1-25H. The molecule has 0 spiro atoms. The second-order valence-electron chi connectivity index (χ2n) is 34.9. The Hall–Kier alpha value is -18.4. The monoisotopic (exact) mass is 1750 g/mol. The number of hydrogen-bond donors (Lipinski definition) is 0. The van der Waals surface area contributed by atoms with Gasteiger partial charge in [0.1, 0.15) is 6.33 Å². The number of pyridine rings is 1. The first kappa shape index (κ1) is 82.8. The quantitative estimate of drug-likeness (QED) is 0.101. The van der Waals surface area contributed by atoms with Crippen molar-refractivity contribution in [1.29, 1.82) is 0 Å². The lowest BCUT2D eigenvalue weighted by atomic mass is 9.87. The summed E-state index contributed by atoms with van der Waals surface area (Å²) in [6.07, 6.45) is 1.60. The molecule has 0 aliphatic carbocycles. The second-order valence-corrected chi connectivity index (χ2v) is 34.9. The Bertz CT molecular complexity index is 8550.